The van der Waals surface area contributed by atoms with Crippen molar-refractivity contribution in [2.75, 3.05) is 6.54 Å². The zero-order chi connectivity index (χ0) is 14.7. The molecule has 0 heterocycles. The minimum absolute atomic E-state index is 0.279. The molecule has 0 aliphatic carbocycles. The molecule has 2 aromatic carbocycles. The molecular weight excluding hydrogens is 242 g/mol. The molecule has 1 atom stereocenters. The van der Waals surface area contributed by atoms with Crippen LogP contribution in [0.4, 0.5) is 0 Å². The van der Waals surface area contributed by atoms with E-state index in [1.165, 1.54) is 33.4 Å². The molecule has 2 rings (SSSR count). The van der Waals surface area contributed by atoms with Gasteiger partial charge in [-0.25, -0.2) is 0 Å². The number of rotatable bonds is 4. The fourth-order valence-electron chi connectivity index (χ4n) is 2.94. The summed E-state index contributed by atoms with van der Waals surface area (Å²) in [4.78, 5) is 0. The summed E-state index contributed by atoms with van der Waals surface area (Å²) in [5.41, 5.74) is 8.28. The molecule has 1 nitrogen and oxygen atoms in total. The van der Waals surface area contributed by atoms with Gasteiger partial charge in [0, 0.05) is 0 Å². The average molecular weight is 267 g/mol. The fourth-order valence-corrected chi connectivity index (χ4v) is 2.94. The first kappa shape index (κ1) is 14.8. The lowest BCUT2D eigenvalue weighted by atomic mass is 9.88. The van der Waals surface area contributed by atoms with Crippen molar-refractivity contribution in [3.05, 3.63) is 69.8 Å². The van der Waals surface area contributed by atoms with Crippen molar-refractivity contribution in [1.29, 1.82) is 0 Å². The van der Waals surface area contributed by atoms with Crippen LogP contribution in [-0.2, 0) is 0 Å². The van der Waals surface area contributed by atoms with Gasteiger partial charge in [-0.2, -0.15) is 0 Å². The molecule has 1 N–H and O–H groups in total. The number of aryl methyl sites for hydroxylation is 3. The van der Waals surface area contributed by atoms with Crippen LogP contribution in [0.3, 0.4) is 0 Å². The fraction of sp³-hybridized carbons (Fsp3) is 0.368. The molecular formula is C19H25N. The molecule has 0 saturated heterocycles. The summed E-state index contributed by atoms with van der Waals surface area (Å²) in [6.07, 6.45) is 0. The largest absolute Gasteiger partial charge is 0.307 e. The van der Waals surface area contributed by atoms with Gasteiger partial charge in [-0.1, -0.05) is 43.3 Å². The third kappa shape index (κ3) is 2.78. The van der Waals surface area contributed by atoms with Gasteiger partial charge in [0.15, 0.2) is 0 Å². The van der Waals surface area contributed by atoms with E-state index in [9.17, 15) is 0 Å². The van der Waals surface area contributed by atoms with Crippen molar-refractivity contribution in [3.8, 4) is 0 Å². The summed E-state index contributed by atoms with van der Waals surface area (Å²) in [5.74, 6) is 0. The standard InChI is InChI=1S/C19H25N/c1-6-20-19(17-12-8-9-13(2)16(17)5)18-14(3)10-7-11-15(18)4/h7-12,19-20H,6H2,1-5H3. The van der Waals surface area contributed by atoms with Crippen molar-refractivity contribution >= 4 is 0 Å². The zero-order valence-electron chi connectivity index (χ0n) is 13.2. The topological polar surface area (TPSA) is 12.0 Å². The second-order valence-corrected chi connectivity index (χ2v) is 5.59. The molecule has 0 aliphatic heterocycles. The van der Waals surface area contributed by atoms with Gasteiger partial charge in [0.25, 0.3) is 0 Å². The van der Waals surface area contributed by atoms with Crippen molar-refractivity contribution < 1.29 is 0 Å². The lowest BCUT2D eigenvalue weighted by Gasteiger charge is -2.25. The Hall–Kier alpha value is -1.60. The summed E-state index contributed by atoms with van der Waals surface area (Å²) in [6, 6.07) is 13.4. The maximum Gasteiger partial charge on any atom is 0.0584 e. The van der Waals surface area contributed by atoms with Gasteiger partial charge in [0.2, 0.25) is 0 Å². The van der Waals surface area contributed by atoms with Gasteiger partial charge in [0.05, 0.1) is 6.04 Å². The lowest BCUT2D eigenvalue weighted by molar-refractivity contribution is 0.621. The summed E-state index contributed by atoms with van der Waals surface area (Å²) in [6.45, 7) is 12.0. The molecule has 106 valence electrons. The van der Waals surface area contributed by atoms with E-state index in [-0.39, 0.29) is 6.04 Å². The molecule has 0 amide bonds. The van der Waals surface area contributed by atoms with Crippen molar-refractivity contribution in [2.24, 2.45) is 0 Å². The Balaban J connectivity index is 2.60. The van der Waals surface area contributed by atoms with Gasteiger partial charge in [-0.05, 0) is 67.6 Å². The molecule has 20 heavy (non-hydrogen) atoms. The van der Waals surface area contributed by atoms with Crippen LogP contribution in [0.25, 0.3) is 0 Å². The SMILES string of the molecule is CCNC(c1cccc(C)c1C)c1c(C)cccc1C. The molecule has 0 aromatic heterocycles. The van der Waals surface area contributed by atoms with E-state index in [0.717, 1.165) is 6.54 Å². The van der Waals surface area contributed by atoms with Crippen LogP contribution in [0, 0.1) is 27.7 Å². The van der Waals surface area contributed by atoms with Gasteiger partial charge < -0.3 is 5.32 Å². The molecule has 2 aromatic rings. The minimum Gasteiger partial charge on any atom is -0.307 e. The Kier molecular flexibility index (Phi) is 4.61. The molecule has 1 heteroatoms. The zero-order valence-corrected chi connectivity index (χ0v) is 13.2. The molecule has 0 fully saturated rings. The van der Waals surface area contributed by atoms with Crippen molar-refractivity contribution in [3.63, 3.8) is 0 Å². The highest BCUT2D eigenvalue weighted by Crippen LogP contribution is 2.30. The average Bonchev–Trinajstić information content (AvgIpc) is 2.41. The van der Waals surface area contributed by atoms with Gasteiger partial charge >= 0.3 is 0 Å². The quantitative estimate of drug-likeness (QED) is 0.852. The van der Waals surface area contributed by atoms with Crippen LogP contribution >= 0.6 is 0 Å². The Morgan fingerprint density at radius 3 is 2.00 bits per heavy atom. The Morgan fingerprint density at radius 2 is 1.40 bits per heavy atom. The molecule has 0 bridgehead atoms. The minimum atomic E-state index is 0.279. The molecule has 0 radical (unpaired) electrons. The van der Waals surface area contributed by atoms with Gasteiger partial charge in [-0.3, -0.25) is 0 Å². The van der Waals surface area contributed by atoms with E-state index in [1.807, 2.05) is 0 Å². The van der Waals surface area contributed by atoms with Crippen LogP contribution in [0.1, 0.15) is 46.3 Å². The normalized spacial score (nSPS) is 12.4. The smallest absolute Gasteiger partial charge is 0.0584 e. The van der Waals surface area contributed by atoms with Crippen molar-refractivity contribution in [1.82, 2.24) is 5.32 Å². The third-order valence-electron chi connectivity index (χ3n) is 4.20. The lowest BCUT2D eigenvalue weighted by Crippen LogP contribution is -2.24. The Morgan fingerprint density at radius 1 is 0.850 bits per heavy atom. The van der Waals surface area contributed by atoms with Crippen LogP contribution in [0.5, 0.6) is 0 Å². The number of nitrogens with one attached hydrogen (secondary N) is 1. The van der Waals surface area contributed by atoms with Crippen LogP contribution in [-0.4, -0.2) is 6.54 Å². The number of hydrogen-bond donors (Lipinski definition) is 1. The summed E-state index contributed by atoms with van der Waals surface area (Å²) < 4.78 is 0. The molecule has 0 saturated carbocycles. The van der Waals surface area contributed by atoms with Gasteiger partial charge in [-0.15, -0.1) is 0 Å². The second kappa shape index (κ2) is 6.23. The summed E-state index contributed by atoms with van der Waals surface area (Å²) >= 11 is 0. The predicted molar refractivity (Wildman–Crippen MR) is 87.4 cm³/mol. The second-order valence-electron chi connectivity index (χ2n) is 5.59. The predicted octanol–water partition coefficient (Wildman–Crippen LogP) is 4.62. The van der Waals surface area contributed by atoms with E-state index in [2.05, 4.69) is 76.3 Å². The van der Waals surface area contributed by atoms with Crippen LogP contribution < -0.4 is 5.32 Å². The maximum absolute atomic E-state index is 3.66. The van der Waals surface area contributed by atoms with Crippen LogP contribution in [0.2, 0.25) is 0 Å². The molecule has 0 aliphatic rings. The number of hydrogen-bond acceptors (Lipinski definition) is 1. The highest BCUT2D eigenvalue weighted by molar-refractivity contribution is 5.45. The van der Waals surface area contributed by atoms with E-state index >= 15 is 0 Å². The van der Waals surface area contributed by atoms with Gasteiger partial charge in [0.1, 0.15) is 0 Å². The highest BCUT2D eigenvalue weighted by Gasteiger charge is 2.19. The highest BCUT2D eigenvalue weighted by atomic mass is 14.9. The first-order valence-corrected chi connectivity index (χ1v) is 7.41. The first-order chi connectivity index (χ1) is 9.56. The molecule has 0 spiro atoms. The van der Waals surface area contributed by atoms with E-state index in [4.69, 9.17) is 0 Å². The first-order valence-electron chi connectivity index (χ1n) is 7.41. The maximum atomic E-state index is 3.66. The van der Waals surface area contributed by atoms with Crippen molar-refractivity contribution in [2.45, 2.75) is 40.7 Å². The monoisotopic (exact) mass is 267 g/mol. The third-order valence-corrected chi connectivity index (χ3v) is 4.20. The summed E-state index contributed by atoms with van der Waals surface area (Å²) in [5, 5.41) is 3.66. The number of benzene rings is 2. The van der Waals surface area contributed by atoms with E-state index in [0.29, 0.717) is 0 Å². The summed E-state index contributed by atoms with van der Waals surface area (Å²) in [7, 11) is 0. The Labute approximate surface area is 123 Å². The molecule has 1 unspecified atom stereocenters. The van der Waals surface area contributed by atoms with E-state index in [1.54, 1.807) is 0 Å². The Bertz CT molecular complexity index is 578. The van der Waals surface area contributed by atoms with E-state index < -0.39 is 0 Å². The van der Waals surface area contributed by atoms with Crippen LogP contribution in [0.15, 0.2) is 36.4 Å².